The molecule has 2 aromatic rings. The molecule has 142 valence electrons. The van der Waals surface area contributed by atoms with E-state index in [1.54, 1.807) is 11.3 Å². The number of nitrogens with zero attached hydrogens (tertiary/aromatic N) is 2. The van der Waals surface area contributed by atoms with Crippen LogP contribution in [0.15, 0.2) is 41.8 Å². The fourth-order valence-corrected chi connectivity index (χ4v) is 4.23. The van der Waals surface area contributed by atoms with E-state index >= 15 is 0 Å². The summed E-state index contributed by atoms with van der Waals surface area (Å²) >= 11 is 1.69. The van der Waals surface area contributed by atoms with Crippen LogP contribution >= 0.6 is 11.3 Å². The average Bonchev–Trinajstić information content (AvgIpc) is 3.23. The minimum absolute atomic E-state index is 0.00558. The van der Waals surface area contributed by atoms with Gasteiger partial charge in [-0.1, -0.05) is 30.3 Å². The van der Waals surface area contributed by atoms with Crippen molar-refractivity contribution in [3.8, 4) is 0 Å². The third kappa shape index (κ3) is 4.69. The van der Waals surface area contributed by atoms with Gasteiger partial charge in [0.1, 0.15) is 0 Å². The van der Waals surface area contributed by atoms with Gasteiger partial charge >= 0.3 is 6.03 Å². The van der Waals surface area contributed by atoms with Gasteiger partial charge < -0.3 is 15.1 Å². The first-order valence-electron chi connectivity index (χ1n) is 9.61. The van der Waals surface area contributed by atoms with Crippen LogP contribution in [0.5, 0.6) is 0 Å². The lowest BCUT2D eigenvalue weighted by atomic mass is 10.1. The topological polar surface area (TPSA) is 52.7 Å². The van der Waals surface area contributed by atoms with Gasteiger partial charge in [-0.15, -0.1) is 11.3 Å². The number of benzene rings is 1. The predicted molar refractivity (Wildman–Crippen MR) is 106 cm³/mol. The second-order valence-electron chi connectivity index (χ2n) is 7.34. The first-order chi connectivity index (χ1) is 13.2. The molecule has 0 unspecified atom stereocenters. The Morgan fingerprint density at radius 2 is 2.07 bits per heavy atom. The highest BCUT2D eigenvalue weighted by molar-refractivity contribution is 7.09. The predicted octanol–water partition coefficient (Wildman–Crippen LogP) is 3.74. The quantitative estimate of drug-likeness (QED) is 0.792. The second-order valence-corrected chi connectivity index (χ2v) is 8.37. The first kappa shape index (κ1) is 18.0. The molecule has 27 heavy (non-hydrogen) atoms. The molecule has 0 spiro atoms. The number of urea groups is 1. The van der Waals surface area contributed by atoms with Gasteiger partial charge in [0.25, 0.3) is 0 Å². The molecule has 1 aliphatic heterocycles. The van der Waals surface area contributed by atoms with Gasteiger partial charge in [0, 0.05) is 37.0 Å². The zero-order chi connectivity index (χ0) is 18.6. The number of likely N-dealkylation sites (tertiary alicyclic amines) is 1. The van der Waals surface area contributed by atoms with Crippen LogP contribution in [-0.4, -0.2) is 34.3 Å². The lowest BCUT2D eigenvalue weighted by Gasteiger charge is -2.22. The molecule has 0 atom stereocenters. The molecule has 6 heteroatoms. The Morgan fingerprint density at radius 1 is 1.22 bits per heavy atom. The summed E-state index contributed by atoms with van der Waals surface area (Å²) in [5.74, 6) is 0.238. The van der Waals surface area contributed by atoms with Gasteiger partial charge in [0.2, 0.25) is 5.91 Å². The molecule has 1 N–H and O–H groups in total. The maximum absolute atomic E-state index is 12.7. The summed E-state index contributed by atoms with van der Waals surface area (Å²) in [7, 11) is 0. The zero-order valence-electron chi connectivity index (χ0n) is 15.4. The first-order valence-corrected chi connectivity index (χ1v) is 10.5. The molecule has 0 bridgehead atoms. The Kier molecular flexibility index (Phi) is 5.43. The van der Waals surface area contributed by atoms with Crippen LogP contribution < -0.4 is 5.32 Å². The highest BCUT2D eigenvalue weighted by Gasteiger charge is 2.32. The number of rotatable bonds is 7. The summed E-state index contributed by atoms with van der Waals surface area (Å²) in [4.78, 5) is 29.6. The summed E-state index contributed by atoms with van der Waals surface area (Å²) in [6.45, 7) is 2.70. The summed E-state index contributed by atoms with van der Waals surface area (Å²) in [6.07, 6.45) is 3.81. The lowest BCUT2D eigenvalue weighted by Crippen LogP contribution is -2.40. The summed E-state index contributed by atoms with van der Waals surface area (Å²) in [5.41, 5.74) is 2.19. The molecule has 1 aromatic carbocycles. The highest BCUT2D eigenvalue weighted by Crippen LogP contribution is 2.29. The van der Waals surface area contributed by atoms with Crippen molar-refractivity contribution in [3.63, 3.8) is 0 Å². The molecule has 1 aliphatic carbocycles. The fraction of sp³-hybridized carbons (Fsp3) is 0.429. The van der Waals surface area contributed by atoms with E-state index in [4.69, 9.17) is 0 Å². The molecule has 2 aliphatic rings. The van der Waals surface area contributed by atoms with Crippen LogP contribution in [0, 0.1) is 0 Å². The van der Waals surface area contributed by atoms with Crippen molar-refractivity contribution < 1.29 is 9.59 Å². The Labute approximate surface area is 164 Å². The minimum atomic E-state index is 0.00558. The number of nitrogens with one attached hydrogen (secondary N) is 1. The van der Waals surface area contributed by atoms with E-state index in [1.165, 1.54) is 4.88 Å². The summed E-state index contributed by atoms with van der Waals surface area (Å²) in [5, 5.41) is 5.12. The largest absolute Gasteiger partial charge is 0.338 e. The van der Waals surface area contributed by atoms with E-state index in [0.29, 0.717) is 32.1 Å². The van der Waals surface area contributed by atoms with Crippen molar-refractivity contribution in [3.05, 3.63) is 57.8 Å². The molecule has 1 saturated heterocycles. The van der Waals surface area contributed by atoms with Gasteiger partial charge in [-0.3, -0.25) is 4.79 Å². The Morgan fingerprint density at radius 3 is 2.78 bits per heavy atom. The van der Waals surface area contributed by atoms with Crippen LogP contribution in [0.4, 0.5) is 4.79 Å². The number of carbonyl (C=O) groups excluding carboxylic acids is 2. The van der Waals surface area contributed by atoms with E-state index in [2.05, 4.69) is 22.8 Å². The third-order valence-corrected chi connectivity index (χ3v) is 6.00. The number of thiophene rings is 1. The Balaban J connectivity index is 1.34. The molecule has 0 radical (unpaired) electrons. The lowest BCUT2D eigenvalue weighted by molar-refractivity contribution is -0.128. The van der Waals surface area contributed by atoms with E-state index in [1.807, 2.05) is 34.1 Å². The molecular weight excluding hydrogens is 358 g/mol. The SMILES string of the molecule is O=C1CCCN1Cc1cccc(CNC(=O)N(Cc2cccs2)C2CC2)c1. The molecule has 4 rings (SSSR count). The normalized spacial score (nSPS) is 16.6. The van der Waals surface area contributed by atoms with Gasteiger partial charge in [0.05, 0.1) is 6.54 Å². The molecule has 2 heterocycles. The van der Waals surface area contributed by atoms with Gasteiger partial charge in [-0.05, 0) is 41.8 Å². The number of hydrogen-bond acceptors (Lipinski definition) is 3. The van der Waals surface area contributed by atoms with Crippen molar-refractivity contribution in [1.29, 1.82) is 0 Å². The Bertz CT molecular complexity index is 802. The zero-order valence-corrected chi connectivity index (χ0v) is 16.2. The minimum Gasteiger partial charge on any atom is -0.338 e. The van der Waals surface area contributed by atoms with Crippen molar-refractivity contribution in [1.82, 2.24) is 15.1 Å². The molecule has 5 nitrogen and oxygen atoms in total. The fourth-order valence-electron chi connectivity index (χ4n) is 3.53. The maximum atomic E-state index is 12.7. The monoisotopic (exact) mass is 383 g/mol. The smallest absolute Gasteiger partial charge is 0.318 e. The summed E-state index contributed by atoms with van der Waals surface area (Å²) < 4.78 is 0. The third-order valence-electron chi connectivity index (χ3n) is 5.13. The van der Waals surface area contributed by atoms with Crippen LogP contribution in [0.2, 0.25) is 0 Å². The number of amides is 3. The molecule has 2 fully saturated rings. The van der Waals surface area contributed by atoms with Gasteiger partial charge in [-0.2, -0.15) is 0 Å². The second kappa shape index (κ2) is 8.13. The molecule has 3 amide bonds. The van der Waals surface area contributed by atoms with Crippen molar-refractivity contribution in [2.45, 2.75) is 51.4 Å². The van der Waals surface area contributed by atoms with Crippen molar-refractivity contribution >= 4 is 23.3 Å². The van der Waals surface area contributed by atoms with E-state index in [-0.39, 0.29) is 11.9 Å². The van der Waals surface area contributed by atoms with Crippen LogP contribution in [0.1, 0.15) is 41.7 Å². The molecular formula is C21H25N3O2S. The standard InChI is InChI=1S/C21H25N3O2S/c25-20-7-2-10-23(20)14-17-5-1-4-16(12-17)13-22-21(26)24(18-8-9-18)15-19-6-3-11-27-19/h1,3-6,11-12,18H,2,7-10,13-15H2,(H,22,26). The van der Waals surface area contributed by atoms with Crippen LogP contribution in [0.3, 0.4) is 0 Å². The van der Waals surface area contributed by atoms with E-state index < -0.39 is 0 Å². The summed E-state index contributed by atoms with van der Waals surface area (Å²) in [6, 6.07) is 12.6. The van der Waals surface area contributed by atoms with Crippen LogP contribution in [0.25, 0.3) is 0 Å². The average molecular weight is 384 g/mol. The van der Waals surface area contributed by atoms with E-state index in [9.17, 15) is 9.59 Å². The highest BCUT2D eigenvalue weighted by atomic mass is 32.1. The van der Waals surface area contributed by atoms with Crippen LogP contribution in [-0.2, 0) is 24.4 Å². The van der Waals surface area contributed by atoms with E-state index in [0.717, 1.165) is 36.9 Å². The molecule has 1 saturated carbocycles. The number of carbonyl (C=O) groups is 2. The van der Waals surface area contributed by atoms with Gasteiger partial charge in [-0.25, -0.2) is 4.79 Å². The van der Waals surface area contributed by atoms with Crippen molar-refractivity contribution in [2.24, 2.45) is 0 Å². The Hall–Kier alpha value is -2.34. The molecule has 1 aromatic heterocycles. The number of hydrogen-bond donors (Lipinski definition) is 1. The maximum Gasteiger partial charge on any atom is 0.318 e. The van der Waals surface area contributed by atoms with Gasteiger partial charge in [0.15, 0.2) is 0 Å². The van der Waals surface area contributed by atoms with Crippen molar-refractivity contribution in [2.75, 3.05) is 6.54 Å².